The molecule has 1 N–H and O–H groups in total. The molecule has 3 aromatic rings. The van der Waals surface area contributed by atoms with Crippen molar-refractivity contribution in [3.8, 4) is 5.69 Å². The molecule has 0 radical (unpaired) electrons. The first kappa shape index (κ1) is 21.6. The lowest BCUT2D eigenvalue weighted by molar-refractivity contribution is -0.138. The van der Waals surface area contributed by atoms with E-state index in [-0.39, 0.29) is 5.92 Å². The van der Waals surface area contributed by atoms with E-state index < -0.39 is 0 Å². The molecule has 2 fully saturated rings. The Labute approximate surface area is 197 Å². The first-order chi connectivity index (χ1) is 15.6. The normalized spacial score (nSPS) is 20.7. The van der Waals surface area contributed by atoms with Gasteiger partial charge in [0.05, 0.1) is 17.6 Å². The fourth-order valence-electron chi connectivity index (χ4n) is 4.99. The number of likely N-dealkylation sites (tertiary alicyclic amines) is 1. The predicted molar refractivity (Wildman–Crippen MR) is 131 cm³/mol. The molecule has 2 aromatic carbocycles. The molecule has 7 heteroatoms. The quantitative estimate of drug-likeness (QED) is 0.597. The zero-order chi connectivity index (χ0) is 22.1. The molecule has 2 aliphatic rings. The third-order valence-corrected chi connectivity index (χ3v) is 7.23. The maximum absolute atomic E-state index is 13.0. The van der Waals surface area contributed by atoms with Gasteiger partial charge in [-0.3, -0.25) is 14.3 Å². The van der Waals surface area contributed by atoms with Gasteiger partial charge in [0, 0.05) is 41.8 Å². The van der Waals surface area contributed by atoms with Crippen molar-refractivity contribution < 1.29 is 4.79 Å². The second kappa shape index (κ2) is 9.33. The lowest BCUT2D eigenvalue weighted by Gasteiger charge is -2.37. The molecule has 0 spiro atoms. The average molecular weight is 496 g/mol. The van der Waals surface area contributed by atoms with Gasteiger partial charge in [-0.2, -0.15) is 0 Å². The van der Waals surface area contributed by atoms with Gasteiger partial charge >= 0.3 is 0 Å². The lowest BCUT2D eigenvalue weighted by Crippen LogP contribution is -2.53. The first-order valence-electron chi connectivity index (χ1n) is 11.6. The van der Waals surface area contributed by atoms with Crippen molar-refractivity contribution in [1.29, 1.82) is 0 Å². The predicted octanol–water partition coefficient (Wildman–Crippen LogP) is 3.82. The van der Waals surface area contributed by atoms with Gasteiger partial charge in [0.15, 0.2) is 0 Å². The van der Waals surface area contributed by atoms with Crippen LogP contribution in [0.3, 0.4) is 0 Å². The van der Waals surface area contributed by atoms with E-state index in [1.54, 1.807) is 0 Å². The van der Waals surface area contributed by atoms with Gasteiger partial charge in [0.25, 0.3) is 0 Å². The molecule has 0 saturated carbocycles. The van der Waals surface area contributed by atoms with Crippen molar-refractivity contribution in [2.24, 2.45) is 5.92 Å². The Balaban J connectivity index is 1.30. The van der Waals surface area contributed by atoms with Gasteiger partial charge in [-0.15, -0.1) is 0 Å². The highest BCUT2D eigenvalue weighted by atomic mass is 79.9. The van der Waals surface area contributed by atoms with Crippen LogP contribution in [-0.2, 0) is 11.3 Å². The number of hydrogen-bond acceptors (Lipinski definition) is 4. The van der Waals surface area contributed by atoms with E-state index in [4.69, 9.17) is 4.98 Å². The van der Waals surface area contributed by atoms with E-state index in [1.807, 2.05) is 6.07 Å². The molecule has 168 valence electrons. The number of piperazine rings is 1. The number of amides is 1. The minimum atomic E-state index is 0.154. The molecule has 1 amide bonds. The highest BCUT2D eigenvalue weighted by molar-refractivity contribution is 9.10. The van der Waals surface area contributed by atoms with Gasteiger partial charge in [0.2, 0.25) is 5.91 Å². The van der Waals surface area contributed by atoms with Crippen molar-refractivity contribution in [1.82, 2.24) is 24.7 Å². The third kappa shape index (κ3) is 4.47. The van der Waals surface area contributed by atoms with Gasteiger partial charge in [-0.05, 0) is 69.3 Å². The van der Waals surface area contributed by atoms with Crippen molar-refractivity contribution >= 4 is 32.9 Å². The second-order valence-electron chi connectivity index (χ2n) is 9.02. The molecule has 32 heavy (non-hydrogen) atoms. The molecule has 0 unspecified atom stereocenters. The Morgan fingerprint density at radius 3 is 2.59 bits per heavy atom. The smallest absolute Gasteiger partial charge is 0.225 e. The van der Waals surface area contributed by atoms with E-state index >= 15 is 0 Å². The fourth-order valence-corrected chi connectivity index (χ4v) is 5.25. The van der Waals surface area contributed by atoms with E-state index in [0.717, 1.165) is 79.1 Å². The minimum absolute atomic E-state index is 0.154. The Bertz CT molecular complexity index is 1090. The summed E-state index contributed by atoms with van der Waals surface area (Å²) in [6.45, 7) is 7.37. The molecule has 5 rings (SSSR count). The van der Waals surface area contributed by atoms with Gasteiger partial charge in [-0.1, -0.05) is 28.1 Å². The van der Waals surface area contributed by atoms with Crippen molar-refractivity contribution in [2.45, 2.75) is 32.4 Å². The summed E-state index contributed by atoms with van der Waals surface area (Å²) in [4.78, 5) is 22.5. The highest BCUT2D eigenvalue weighted by Crippen LogP contribution is 2.26. The van der Waals surface area contributed by atoms with Crippen LogP contribution in [0.4, 0.5) is 0 Å². The Hall–Kier alpha value is -2.22. The lowest BCUT2D eigenvalue weighted by atomic mass is 9.94. The number of carbonyl (C=O) groups is 1. The molecule has 3 heterocycles. The zero-order valence-corrected chi connectivity index (χ0v) is 20.1. The number of rotatable bonds is 4. The molecule has 2 saturated heterocycles. The standard InChI is InChI=1S/C25H30BrN5O/c1-18-16-30(15-12-27-18)25(32)19-10-13-29(14-11-19)17-24-28-22-4-2-3-5-23(22)31(24)21-8-6-20(26)7-9-21/h2-9,18-19,27H,10-17H2,1H3/t18-/m1/s1. The zero-order valence-electron chi connectivity index (χ0n) is 18.5. The second-order valence-corrected chi connectivity index (χ2v) is 9.93. The maximum atomic E-state index is 13.0. The van der Waals surface area contributed by atoms with Crippen molar-refractivity contribution in [3.05, 3.63) is 58.8 Å². The number of imidazole rings is 1. The molecule has 0 aliphatic carbocycles. The van der Waals surface area contributed by atoms with Gasteiger partial charge < -0.3 is 10.2 Å². The molecule has 6 nitrogen and oxygen atoms in total. The van der Waals surface area contributed by atoms with Crippen LogP contribution in [0.25, 0.3) is 16.7 Å². The third-order valence-electron chi connectivity index (χ3n) is 6.70. The summed E-state index contributed by atoms with van der Waals surface area (Å²) >= 11 is 3.54. The van der Waals surface area contributed by atoms with E-state index in [0.29, 0.717) is 11.9 Å². The molecule has 1 atom stereocenters. The summed E-state index contributed by atoms with van der Waals surface area (Å²) in [5, 5.41) is 3.42. The van der Waals surface area contributed by atoms with Gasteiger partial charge in [0.1, 0.15) is 5.82 Å². The monoisotopic (exact) mass is 495 g/mol. The summed E-state index contributed by atoms with van der Waals surface area (Å²) < 4.78 is 3.33. The van der Waals surface area contributed by atoms with Crippen LogP contribution >= 0.6 is 15.9 Å². The Morgan fingerprint density at radius 1 is 1.09 bits per heavy atom. The van der Waals surface area contributed by atoms with E-state index in [1.165, 1.54) is 0 Å². The number of carbonyl (C=O) groups excluding carboxylic acids is 1. The van der Waals surface area contributed by atoms with Crippen LogP contribution in [0, 0.1) is 5.92 Å². The van der Waals surface area contributed by atoms with Crippen LogP contribution in [0.15, 0.2) is 53.0 Å². The summed E-state index contributed by atoms with van der Waals surface area (Å²) in [6, 6.07) is 17.1. The Morgan fingerprint density at radius 2 is 1.84 bits per heavy atom. The average Bonchev–Trinajstić information content (AvgIpc) is 3.17. The number of piperidine rings is 1. The van der Waals surface area contributed by atoms with Crippen molar-refractivity contribution in [2.75, 3.05) is 32.7 Å². The van der Waals surface area contributed by atoms with Crippen LogP contribution in [0.1, 0.15) is 25.6 Å². The number of halogens is 1. The summed E-state index contributed by atoms with van der Waals surface area (Å²) in [6.07, 6.45) is 1.85. The number of nitrogens with one attached hydrogen (secondary N) is 1. The van der Waals surface area contributed by atoms with Crippen LogP contribution in [-0.4, -0.2) is 64.0 Å². The molecule has 1 aromatic heterocycles. The minimum Gasteiger partial charge on any atom is -0.340 e. The number of fused-ring (bicyclic) bond motifs is 1. The van der Waals surface area contributed by atoms with E-state index in [9.17, 15) is 4.79 Å². The number of para-hydroxylation sites is 2. The molecular weight excluding hydrogens is 466 g/mol. The topological polar surface area (TPSA) is 53.4 Å². The van der Waals surface area contributed by atoms with Gasteiger partial charge in [-0.25, -0.2) is 4.98 Å². The maximum Gasteiger partial charge on any atom is 0.225 e. The van der Waals surface area contributed by atoms with E-state index in [2.05, 4.69) is 85.0 Å². The summed E-state index contributed by atoms with van der Waals surface area (Å²) in [7, 11) is 0. The fraction of sp³-hybridized carbons (Fsp3) is 0.440. The molecule has 0 bridgehead atoms. The number of benzene rings is 2. The largest absolute Gasteiger partial charge is 0.340 e. The number of nitrogens with zero attached hydrogens (tertiary/aromatic N) is 4. The van der Waals surface area contributed by atoms with Crippen molar-refractivity contribution in [3.63, 3.8) is 0 Å². The first-order valence-corrected chi connectivity index (χ1v) is 12.3. The number of aromatic nitrogens is 2. The summed E-state index contributed by atoms with van der Waals surface area (Å²) in [5.41, 5.74) is 3.26. The SMILES string of the molecule is C[C@@H]1CN(C(=O)C2CCN(Cc3nc4ccccc4n3-c3ccc(Br)cc3)CC2)CCN1. The summed E-state index contributed by atoms with van der Waals surface area (Å²) in [5.74, 6) is 1.55. The molecule has 2 aliphatic heterocycles. The molecular formula is C25H30BrN5O. The Kier molecular flexibility index (Phi) is 6.31. The van der Waals surface area contributed by atoms with Crippen LogP contribution in [0.2, 0.25) is 0 Å². The highest BCUT2D eigenvalue weighted by Gasteiger charge is 2.31. The van der Waals surface area contributed by atoms with Crippen LogP contribution < -0.4 is 5.32 Å². The van der Waals surface area contributed by atoms with Crippen LogP contribution in [0.5, 0.6) is 0 Å². The number of hydrogen-bond donors (Lipinski definition) is 1.